The topological polar surface area (TPSA) is 61.9 Å². The van der Waals surface area contributed by atoms with Crippen molar-refractivity contribution < 1.29 is 14.3 Å². The van der Waals surface area contributed by atoms with Crippen molar-refractivity contribution in [2.45, 2.75) is 17.8 Å². The first-order valence-corrected chi connectivity index (χ1v) is 9.41. The van der Waals surface area contributed by atoms with Crippen molar-refractivity contribution in [2.75, 3.05) is 27.2 Å². The van der Waals surface area contributed by atoms with Crippen LogP contribution in [0.3, 0.4) is 0 Å². The van der Waals surface area contributed by atoms with Gasteiger partial charge in [0.25, 0.3) is 5.24 Å². The van der Waals surface area contributed by atoms with Crippen LogP contribution in [0.15, 0.2) is 48.7 Å². The molecule has 0 saturated carbocycles. The second kappa shape index (κ2) is 8.42. The Kier molecular flexibility index (Phi) is 6.00. The number of thioether (sulfide) groups is 1. The van der Waals surface area contributed by atoms with Crippen molar-refractivity contribution in [1.29, 1.82) is 0 Å². The number of hydrogen-bond donors (Lipinski definition) is 1. The third kappa shape index (κ3) is 4.68. The largest absolute Gasteiger partial charge is 0.492 e. The minimum absolute atomic E-state index is 0.208. The average molecular weight is 373 g/mol. The Morgan fingerprint density at radius 3 is 2.65 bits per heavy atom. The highest BCUT2D eigenvalue weighted by molar-refractivity contribution is 8.15. The number of imide groups is 1. The van der Waals surface area contributed by atoms with Crippen LogP contribution in [0.1, 0.15) is 5.56 Å². The lowest BCUT2D eigenvalue weighted by Crippen LogP contribution is -2.43. The zero-order valence-electron chi connectivity index (χ0n) is 14.9. The normalized spacial score (nSPS) is 22.2. The molecular weight excluding hydrogens is 350 g/mol. The molecule has 138 valence electrons. The van der Waals surface area contributed by atoms with E-state index in [0.717, 1.165) is 29.6 Å². The molecule has 2 amide bonds. The van der Waals surface area contributed by atoms with Crippen molar-refractivity contribution in [3.63, 3.8) is 0 Å². The van der Waals surface area contributed by atoms with Gasteiger partial charge in [0, 0.05) is 19.8 Å². The maximum Gasteiger partial charge on any atom is 0.286 e. The summed E-state index contributed by atoms with van der Waals surface area (Å²) in [4.78, 5) is 27.2. The molecule has 2 atom stereocenters. The Bertz CT molecular complexity index is 717. The molecule has 3 rings (SSSR count). The number of nitrogens with one attached hydrogen (secondary N) is 1. The fourth-order valence-corrected chi connectivity index (χ4v) is 3.79. The molecule has 2 heterocycles. The number of allylic oxidation sites excluding steroid dienone is 2. The average Bonchev–Trinajstić information content (AvgIpc) is 2.94. The van der Waals surface area contributed by atoms with Gasteiger partial charge in [-0.05, 0) is 43.3 Å². The maximum atomic E-state index is 11.6. The Labute approximate surface area is 157 Å². The number of nitrogens with zero attached hydrogens (tertiary/aromatic N) is 2. The standard InChI is InChI=1S/C19H23N3O3S/c1-21-10-4-3-5-17(21)22(2)11-12-25-15-8-6-14(7-9-15)13-16-18(23)20-19(24)26-16/h3-10,16-17H,11-13H2,1-2H3,(H,20,23,24). The summed E-state index contributed by atoms with van der Waals surface area (Å²) in [5.41, 5.74) is 1.01. The van der Waals surface area contributed by atoms with Gasteiger partial charge in [-0.25, -0.2) is 0 Å². The fourth-order valence-electron chi connectivity index (χ4n) is 2.93. The monoisotopic (exact) mass is 373 g/mol. The lowest BCUT2D eigenvalue weighted by molar-refractivity contribution is -0.118. The summed E-state index contributed by atoms with van der Waals surface area (Å²) < 4.78 is 5.82. The fraction of sp³-hybridized carbons (Fsp3) is 0.368. The molecule has 0 radical (unpaired) electrons. The van der Waals surface area contributed by atoms with E-state index in [1.165, 1.54) is 0 Å². The van der Waals surface area contributed by atoms with Gasteiger partial charge in [0.05, 0.1) is 5.25 Å². The Hall–Kier alpha value is -2.25. The van der Waals surface area contributed by atoms with Gasteiger partial charge >= 0.3 is 0 Å². The molecule has 0 aromatic heterocycles. The van der Waals surface area contributed by atoms with E-state index < -0.39 is 0 Å². The number of amides is 2. The molecule has 2 unspecified atom stereocenters. The number of benzene rings is 1. The van der Waals surface area contributed by atoms with E-state index in [1.807, 2.05) is 30.3 Å². The van der Waals surface area contributed by atoms with E-state index in [0.29, 0.717) is 13.0 Å². The molecule has 1 aromatic carbocycles. The molecule has 0 spiro atoms. The van der Waals surface area contributed by atoms with E-state index in [-0.39, 0.29) is 22.6 Å². The van der Waals surface area contributed by atoms with E-state index >= 15 is 0 Å². The van der Waals surface area contributed by atoms with Crippen LogP contribution in [-0.4, -0.2) is 59.6 Å². The van der Waals surface area contributed by atoms with Crippen LogP contribution >= 0.6 is 11.8 Å². The number of carbonyl (C=O) groups is 2. The lowest BCUT2D eigenvalue weighted by atomic mass is 10.1. The molecule has 26 heavy (non-hydrogen) atoms. The van der Waals surface area contributed by atoms with Crippen LogP contribution in [0.25, 0.3) is 0 Å². The van der Waals surface area contributed by atoms with Gasteiger partial charge in [0.1, 0.15) is 18.5 Å². The molecular formula is C19H23N3O3S. The van der Waals surface area contributed by atoms with Crippen LogP contribution in [0.5, 0.6) is 5.75 Å². The number of rotatable bonds is 7. The molecule has 1 fully saturated rings. The number of hydrogen-bond acceptors (Lipinski definition) is 6. The van der Waals surface area contributed by atoms with E-state index in [4.69, 9.17) is 4.74 Å². The van der Waals surface area contributed by atoms with Crippen LogP contribution in [0.4, 0.5) is 4.79 Å². The minimum Gasteiger partial charge on any atom is -0.492 e. The number of likely N-dealkylation sites (N-methyl/N-ethyl adjacent to an activating group) is 2. The summed E-state index contributed by atoms with van der Waals surface area (Å²) in [7, 11) is 4.12. The van der Waals surface area contributed by atoms with Gasteiger partial charge in [-0.3, -0.25) is 19.8 Å². The first kappa shape index (κ1) is 18.5. The predicted octanol–water partition coefficient (Wildman–Crippen LogP) is 2.23. The van der Waals surface area contributed by atoms with Crippen LogP contribution in [0.2, 0.25) is 0 Å². The quantitative estimate of drug-likeness (QED) is 0.791. The molecule has 1 N–H and O–H groups in total. The van der Waals surface area contributed by atoms with E-state index in [2.05, 4.69) is 47.6 Å². The summed E-state index contributed by atoms with van der Waals surface area (Å²) in [6.07, 6.45) is 9.06. The van der Waals surface area contributed by atoms with Gasteiger partial charge in [-0.15, -0.1) is 0 Å². The molecule has 7 heteroatoms. The zero-order chi connectivity index (χ0) is 18.5. The summed E-state index contributed by atoms with van der Waals surface area (Å²) in [6.45, 7) is 1.39. The van der Waals surface area contributed by atoms with Crippen molar-refractivity contribution in [2.24, 2.45) is 0 Å². The molecule has 2 aliphatic heterocycles. The Morgan fingerprint density at radius 2 is 2.00 bits per heavy atom. The molecule has 0 aliphatic carbocycles. The van der Waals surface area contributed by atoms with Crippen LogP contribution in [0, 0.1) is 0 Å². The zero-order valence-corrected chi connectivity index (χ0v) is 15.7. The minimum atomic E-state index is -0.336. The first-order valence-electron chi connectivity index (χ1n) is 8.53. The molecule has 1 aromatic rings. The van der Waals surface area contributed by atoms with Crippen molar-refractivity contribution in [3.8, 4) is 5.75 Å². The van der Waals surface area contributed by atoms with E-state index in [9.17, 15) is 9.59 Å². The molecule has 0 bridgehead atoms. The number of carbonyl (C=O) groups excluding carboxylic acids is 2. The van der Waals surface area contributed by atoms with Gasteiger partial charge in [0.15, 0.2) is 0 Å². The van der Waals surface area contributed by atoms with Gasteiger partial charge < -0.3 is 9.64 Å². The third-order valence-electron chi connectivity index (χ3n) is 4.41. The van der Waals surface area contributed by atoms with Crippen LogP contribution in [-0.2, 0) is 11.2 Å². The van der Waals surface area contributed by atoms with Crippen molar-refractivity contribution in [1.82, 2.24) is 15.1 Å². The highest BCUT2D eigenvalue weighted by Crippen LogP contribution is 2.23. The first-order chi connectivity index (χ1) is 12.5. The second-order valence-electron chi connectivity index (χ2n) is 6.37. The third-order valence-corrected chi connectivity index (χ3v) is 5.39. The van der Waals surface area contributed by atoms with Crippen molar-refractivity contribution in [3.05, 3.63) is 54.3 Å². The van der Waals surface area contributed by atoms with Gasteiger partial charge in [-0.2, -0.15) is 0 Å². The molecule has 1 saturated heterocycles. The lowest BCUT2D eigenvalue weighted by Gasteiger charge is -2.34. The highest BCUT2D eigenvalue weighted by Gasteiger charge is 2.31. The number of ether oxygens (including phenoxy) is 1. The SMILES string of the molecule is CN1C=CC=CC1N(C)CCOc1ccc(CC2SC(=O)NC2=O)cc1. The maximum absolute atomic E-state index is 11.6. The smallest absolute Gasteiger partial charge is 0.286 e. The molecule has 2 aliphatic rings. The summed E-state index contributed by atoms with van der Waals surface area (Å²) in [5, 5.41) is 1.71. The summed E-state index contributed by atoms with van der Waals surface area (Å²) >= 11 is 1.05. The molecule has 6 nitrogen and oxygen atoms in total. The predicted molar refractivity (Wildman–Crippen MR) is 103 cm³/mol. The summed E-state index contributed by atoms with van der Waals surface area (Å²) in [6, 6.07) is 7.70. The van der Waals surface area contributed by atoms with E-state index in [1.54, 1.807) is 0 Å². The summed E-state index contributed by atoms with van der Waals surface area (Å²) in [5.74, 6) is 0.592. The van der Waals surface area contributed by atoms with Gasteiger partial charge in [0.2, 0.25) is 5.91 Å². The highest BCUT2D eigenvalue weighted by atomic mass is 32.2. The van der Waals surface area contributed by atoms with Crippen molar-refractivity contribution >= 4 is 22.9 Å². The Morgan fingerprint density at radius 1 is 1.23 bits per heavy atom. The second-order valence-corrected chi connectivity index (χ2v) is 7.54. The Balaban J connectivity index is 1.44. The van der Waals surface area contributed by atoms with Crippen LogP contribution < -0.4 is 10.1 Å². The van der Waals surface area contributed by atoms with Gasteiger partial charge in [-0.1, -0.05) is 30.0 Å².